The van der Waals surface area contributed by atoms with Gasteiger partial charge in [-0.15, -0.1) is 0 Å². The molecular weight excluding hydrogens is 164 g/mol. The lowest BCUT2D eigenvalue weighted by atomic mass is 10.4. The topological polar surface area (TPSA) is 26.2 Å². The average molecular weight is 182 g/mol. The summed E-state index contributed by atoms with van der Waals surface area (Å²) in [6, 6.07) is 4.20. The first-order valence-corrected chi connectivity index (χ1v) is 4.74. The SMILES string of the molecule is CCOCCn1cccc1CNC. The van der Waals surface area contributed by atoms with E-state index in [0.29, 0.717) is 0 Å². The third-order valence-electron chi connectivity index (χ3n) is 1.96. The molecule has 0 fully saturated rings. The summed E-state index contributed by atoms with van der Waals surface area (Å²) in [5, 5.41) is 3.14. The van der Waals surface area contributed by atoms with Gasteiger partial charge in [0, 0.05) is 31.6 Å². The van der Waals surface area contributed by atoms with Crippen molar-refractivity contribution in [1.82, 2.24) is 9.88 Å². The highest BCUT2D eigenvalue weighted by Gasteiger charge is 1.98. The van der Waals surface area contributed by atoms with Gasteiger partial charge in [0.15, 0.2) is 0 Å². The van der Waals surface area contributed by atoms with Crippen molar-refractivity contribution in [2.45, 2.75) is 20.0 Å². The highest BCUT2D eigenvalue weighted by Crippen LogP contribution is 2.01. The summed E-state index contributed by atoms with van der Waals surface area (Å²) in [7, 11) is 1.96. The molecule has 3 heteroatoms. The number of rotatable bonds is 6. The van der Waals surface area contributed by atoms with E-state index in [4.69, 9.17) is 4.74 Å². The second kappa shape index (κ2) is 5.78. The molecule has 3 nitrogen and oxygen atoms in total. The van der Waals surface area contributed by atoms with E-state index in [1.807, 2.05) is 14.0 Å². The zero-order valence-corrected chi connectivity index (χ0v) is 8.42. The summed E-state index contributed by atoms with van der Waals surface area (Å²) >= 11 is 0. The quantitative estimate of drug-likeness (QED) is 0.670. The fourth-order valence-corrected chi connectivity index (χ4v) is 1.32. The van der Waals surface area contributed by atoms with Crippen molar-refractivity contribution in [3.63, 3.8) is 0 Å². The van der Waals surface area contributed by atoms with E-state index < -0.39 is 0 Å². The molecule has 0 saturated carbocycles. The van der Waals surface area contributed by atoms with Crippen LogP contribution >= 0.6 is 0 Å². The predicted molar refractivity (Wildman–Crippen MR) is 53.7 cm³/mol. The van der Waals surface area contributed by atoms with Crippen molar-refractivity contribution in [1.29, 1.82) is 0 Å². The van der Waals surface area contributed by atoms with Crippen LogP contribution in [0, 0.1) is 0 Å². The fraction of sp³-hybridized carbons (Fsp3) is 0.600. The molecule has 1 rings (SSSR count). The van der Waals surface area contributed by atoms with Crippen LogP contribution in [0.1, 0.15) is 12.6 Å². The number of hydrogen-bond donors (Lipinski definition) is 1. The molecule has 0 atom stereocenters. The summed E-state index contributed by atoms with van der Waals surface area (Å²) in [5.74, 6) is 0. The third kappa shape index (κ3) is 3.20. The number of aromatic nitrogens is 1. The minimum Gasteiger partial charge on any atom is -0.380 e. The van der Waals surface area contributed by atoms with Crippen LogP contribution in [-0.2, 0) is 17.8 Å². The second-order valence-corrected chi connectivity index (χ2v) is 2.92. The highest BCUT2D eigenvalue weighted by molar-refractivity contribution is 5.06. The van der Waals surface area contributed by atoms with Gasteiger partial charge in [-0.2, -0.15) is 0 Å². The minimum absolute atomic E-state index is 0.794. The molecule has 1 aromatic heterocycles. The maximum Gasteiger partial charge on any atom is 0.0645 e. The highest BCUT2D eigenvalue weighted by atomic mass is 16.5. The predicted octanol–water partition coefficient (Wildman–Crippen LogP) is 1.24. The van der Waals surface area contributed by atoms with E-state index in [-0.39, 0.29) is 0 Å². The van der Waals surface area contributed by atoms with Gasteiger partial charge in [0.05, 0.1) is 6.61 Å². The van der Waals surface area contributed by atoms with Crippen molar-refractivity contribution < 1.29 is 4.74 Å². The molecule has 1 heterocycles. The smallest absolute Gasteiger partial charge is 0.0645 e. The second-order valence-electron chi connectivity index (χ2n) is 2.92. The average Bonchev–Trinajstić information content (AvgIpc) is 2.54. The summed E-state index contributed by atoms with van der Waals surface area (Å²) in [6.45, 7) is 5.46. The molecule has 1 aromatic rings. The Balaban J connectivity index is 2.40. The lowest BCUT2D eigenvalue weighted by Crippen LogP contribution is -2.13. The molecule has 0 spiro atoms. The van der Waals surface area contributed by atoms with Crippen LogP contribution in [0.4, 0.5) is 0 Å². The van der Waals surface area contributed by atoms with Gasteiger partial charge >= 0.3 is 0 Å². The Morgan fingerprint density at radius 3 is 3.08 bits per heavy atom. The lowest BCUT2D eigenvalue weighted by Gasteiger charge is -2.08. The van der Waals surface area contributed by atoms with Crippen LogP contribution in [0.25, 0.3) is 0 Å². The molecule has 0 aliphatic rings. The molecule has 74 valence electrons. The maximum atomic E-state index is 5.30. The molecule has 0 amide bonds. The van der Waals surface area contributed by atoms with E-state index in [2.05, 4.69) is 28.2 Å². The van der Waals surface area contributed by atoms with Gasteiger partial charge in [0.2, 0.25) is 0 Å². The normalized spacial score (nSPS) is 10.6. The Labute approximate surface area is 79.7 Å². The fourth-order valence-electron chi connectivity index (χ4n) is 1.32. The zero-order chi connectivity index (χ0) is 9.52. The Hall–Kier alpha value is -0.800. The Morgan fingerprint density at radius 2 is 2.38 bits per heavy atom. The largest absolute Gasteiger partial charge is 0.380 e. The summed E-state index contributed by atoms with van der Waals surface area (Å²) in [6.07, 6.45) is 2.09. The van der Waals surface area contributed by atoms with E-state index in [9.17, 15) is 0 Å². The number of nitrogens with one attached hydrogen (secondary N) is 1. The van der Waals surface area contributed by atoms with Crippen molar-refractivity contribution >= 4 is 0 Å². The zero-order valence-electron chi connectivity index (χ0n) is 8.42. The Morgan fingerprint density at radius 1 is 1.54 bits per heavy atom. The third-order valence-corrected chi connectivity index (χ3v) is 1.96. The van der Waals surface area contributed by atoms with Crippen molar-refractivity contribution in [3.8, 4) is 0 Å². The first-order chi connectivity index (χ1) is 6.38. The molecule has 13 heavy (non-hydrogen) atoms. The van der Waals surface area contributed by atoms with Crippen LogP contribution in [-0.4, -0.2) is 24.8 Å². The van der Waals surface area contributed by atoms with Crippen LogP contribution in [0.5, 0.6) is 0 Å². The van der Waals surface area contributed by atoms with Gasteiger partial charge < -0.3 is 14.6 Å². The molecule has 0 bridgehead atoms. The van der Waals surface area contributed by atoms with Gasteiger partial charge in [-0.25, -0.2) is 0 Å². The standard InChI is InChI=1S/C10H18N2O/c1-3-13-8-7-12-6-4-5-10(12)9-11-2/h4-6,11H,3,7-9H2,1-2H3. The maximum absolute atomic E-state index is 5.30. The van der Waals surface area contributed by atoms with Gasteiger partial charge in [0.1, 0.15) is 0 Å². The lowest BCUT2D eigenvalue weighted by molar-refractivity contribution is 0.138. The van der Waals surface area contributed by atoms with E-state index in [1.165, 1.54) is 5.69 Å². The van der Waals surface area contributed by atoms with Crippen LogP contribution in [0.15, 0.2) is 18.3 Å². The van der Waals surface area contributed by atoms with E-state index in [0.717, 1.165) is 26.3 Å². The Kier molecular flexibility index (Phi) is 4.57. The molecule has 0 aliphatic carbocycles. The summed E-state index contributed by atoms with van der Waals surface area (Å²) < 4.78 is 7.51. The molecule has 0 radical (unpaired) electrons. The monoisotopic (exact) mass is 182 g/mol. The van der Waals surface area contributed by atoms with Gasteiger partial charge in [-0.05, 0) is 26.1 Å². The molecule has 0 aromatic carbocycles. The van der Waals surface area contributed by atoms with Crippen molar-refractivity contribution in [3.05, 3.63) is 24.0 Å². The molecule has 0 saturated heterocycles. The first kappa shape index (κ1) is 10.3. The van der Waals surface area contributed by atoms with Gasteiger partial charge in [0.25, 0.3) is 0 Å². The number of nitrogens with zero attached hydrogens (tertiary/aromatic N) is 1. The molecule has 1 N–H and O–H groups in total. The van der Waals surface area contributed by atoms with Gasteiger partial charge in [-0.1, -0.05) is 0 Å². The molecular formula is C10H18N2O. The number of hydrogen-bond acceptors (Lipinski definition) is 2. The van der Waals surface area contributed by atoms with E-state index >= 15 is 0 Å². The van der Waals surface area contributed by atoms with Gasteiger partial charge in [-0.3, -0.25) is 0 Å². The molecule has 0 aliphatic heterocycles. The first-order valence-electron chi connectivity index (χ1n) is 4.74. The Bertz CT molecular complexity index is 233. The summed E-state index contributed by atoms with van der Waals surface area (Å²) in [5.41, 5.74) is 1.31. The van der Waals surface area contributed by atoms with Crippen molar-refractivity contribution in [2.24, 2.45) is 0 Å². The van der Waals surface area contributed by atoms with Crippen LogP contribution < -0.4 is 5.32 Å². The summed E-state index contributed by atoms with van der Waals surface area (Å²) in [4.78, 5) is 0. The minimum atomic E-state index is 0.794. The van der Waals surface area contributed by atoms with E-state index in [1.54, 1.807) is 0 Å². The molecule has 0 unspecified atom stereocenters. The van der Waals surface area contributed by atoms with Crippen LogP contribution in [0.2, 0.25) is 0 Å². The van der Waals surface area contributed by atoms with Crippen LogP contribution in [0.3, 0.4) is 0 Å². The van der Waals surface area contributed by atoms with Crippen molar-refractivity contribution in [2.75, 3.05) is 20.3 Å². The number of ether oxygens (including phenoxy) is 1.